The third kappa shape index (κ3) is 2.56. The molecule has 0 fully saturated rings. The zero-order valence-electron chi connectivity index (χ0n) is 8.16. The van der Waals surface area contributed by atoms with Gasteiger partial charge in [-0.2, -0.15) is 0 Å². The van der Waals surface area contributed by atoms with E-state index in [9.17, 15) is 18.0 Å². The SMILES string of the molecule is O=Cc1cc2c(Br)cccn2c1[Se]C(F)(F)F. The van der Waals surface area contributed by atoms with Crippen LogP contribution in [0.15, 0.2) is 28.9 Å². The molecular weight excluding hydrogens is 366 g/mol. The predicted molar refractivity (Wildman–Crippen MR) is 61.9 cm³/mol. The van der Waals surface area contributed by atoms with E-state index in [0.717, 1.165) is 0 Å². The zero-order valence-corrected chi connectivity index (χ0v) is 11.5. The fourth-order valence-electron chi connectivity index (χ4n) is 1.46. The molecule has 0 saturated heterocycles. The Balaban J connectivity index is 2.67. The maximum absolute atomic E-state index is 12.5. The summed E-state index contributed by atoms with van der Waals surface area (Å²) in [6, 6.07) is 4.80. The normalized spacial score (nSPS) is 12.0. The summed E-state index contributed by atoms with van der Waals surface area (Å²) in [6.45, 7) is 0. The maximum atomic E-state index is 12.5. The molecule has 0 unspecified atom stereocenters. The van der Waals surface area contributed by atoms with E-state index in [4.69, 9.17) is 0 Å². The van der Waals surface area contributed by atoms with Crippen molar-refractivity contribution in [1.82, 2.24) is 4.40 Å². The van der Waals surface area contributed by atoms with Gasteiger partial charge in [-0.15, -0.1) is 0 Å². The summed E-state index contributed by atoms with van der Waals surface area (Å²) in [5.74, 6) is 0. The number of pyridine rings is 1. The van der Waals surface area contributed by atoms with E-state index in [1.807, 2.05) is 0 Å². The molecule has 0 spiro atoms. The number of nitrogens with zero attached hydrogens (tertiary/aromatic N) is 1. The van der Waals surface area contributed by atoms with Crippen LogP contribution in [0.5, 0.6) is 0 Å². The van der Waals surface area contributed by atoms with Gasteiger partial charge in [0.1, 0.15) is 0 Å². The zero-order chi connectivity index (χ0) is 12.6. The fraction of sp³-hybridized carbons (Fsp3) is 0.100. The number of carbonyl (C=O) groups is 1. The first-order valence-electron chi connectivity index (χ1n) is 4.43. The third-order valence-corrected chi connectivity index (χ3v) is 4.55. The van der Waals surface area contributed by atoms with Crippen LogP contribution in [0, 0.1) is 0 Å². The van der Waals surface area contributed by atoms with Crippen LogP contribution in [0.1, 0.15) is 10.4 Å². The molecule has 17 heavy (non-hydrogen) atoms. The van der Waals surface area contributed by atoms with E-state index >= 15 is 0 Å². The molecular formula is C10H5BrF3NOSe. The average molecular weight is 371 g/mol. The van der Waals surface area contributed by atoms with Gasteiger partial charge in [-0.3, -0.25) is 0 Å². The van der Waals surface area contributed by atoms with Crippen LogP contribution in [-0.4, -0.2) is 30.7 Å². The molecule has 0 aliphatic carbocycles. The van der Waals surface area contributed by atoms with Crippen molar-refractivity contribution in [2.24, 2.45) is 0 Å². The molecule has 2 nitrogen and oxygen atoms in total. The molecule has 0 aromatic carbocycles. The Labute approximate surface area is 109 Å². The Hall–Kier alpha value is -0.781. The molecule has 0 aliphatic heterocycles. The molecule has 0 N–H and O–H groups in total. The van der Waals surface area contributed by atoms with E-state index in [0.29, 0.717) is 16.3 Å². The monoisotopic (exact) mass is 371 g/mol. The first-order chi connectivity index (χ1) is 7.92. The van der Waals surface area contributed by atoms with Gasteiger partial charge in [0, 0.05) is 0 Å². The summed E-state index contributed by atoms with van der Waals surface area (Å²) in [5, 5.41) is -4.28. The summed E-state index contributed by atoms with van der Waals surface area (Å²) in [7, 11) is 0. The second-order valence-electron chi connectivity index (χ2n) is 3.18. The molecule has 0 saturated carbocycles. The molecule has 2 heterocycles. The van der Waals surface area contributed by atoms with Crippen LogP contribution < -0.4 is 4.59 Å². The minimum absolute atomic E-state index is 0.0244. The molecule has 90 valence electrons. The van der Waals surface area contributed by atoms with Gasteiger partial charge in [-0.1, -0.05) is 0 Å². The van der Waals surface area contributed by atoms with Crippen molar-refractivity contribution in [1.29, 1.82) is 0 Å². The quantitative estimate of drug-likeness (QED) is 0.587. The number of aldehydes is 1. The first kappa shape index (κ1) is 12.7. The van der Waals surface area contributed by atoms with Crippen molar-refractivity contribution >= 4 is 47.3 Å². The number of aromatic nitrogens is 1. The fourth-order valence-corrected chi connectivity index (χ4v) is 3.39. The Kier molecular flexibility index (Phi) is 3.34. The van der Waals surface area contributed by atoms with Gasteiger partial charge < -0.3 is 0 Å². The van der Waals surface area contributed by atoms with E-state index in [1.165, 1.54) is 16.7 Å². The number of fused-ring (bicyclic) bond motifs is 1. The van der Waals surface area contributed by atoms with Crippen molar-refractivity contribution in [2.45, 2.75) is 5.07 Å². The molecule has 2 rings (SSSR count). The van der Waals surface area contributed by atoms with Crippen LogP contribution in [0.25, 0.3) is 5.52 Å². The second-order valence-corrected chi connectivity index (χ2v) is 6.25. The van der Waals surface area contributed by atoms with Gasteiger partial charge in [-0.25, -0.2) is 0 Å². The van der Waals surface area contributed by atoms with Gasteiger partial charge in [0.25, 0.3) is 0 Å². The summed E-state index contributed by atoms with van der Waals surface area (Å²) in [5.41, 5.74) is 0.657. The van der Waals surface area contributed by atoms with E-state index in [1.54, 1.807) is 12.1 Å². The first-order valence-corrected chi connectivity index (χ1v) is 6.93. The van der Waals surface area contributed by atoms with Gasteiger partial charge in [0.2, 0.25) is 0 Å². The minimum atomic E-state index is -4.28. The number of carbonyl (C=O) groups excluding carboxylic acids is 1. The molecule has 7 heteroatoms. The van der Waals surface area contributed by atoms with Crippen LogP contribution in [0.2, 0.25) is 0 Å². The van der Waals surface area contributed by atoms with E-state index < -0.39 is 20.0 Å². The molecule has 0 atom stereocenters. The van der Waals surface area contributed by atoms with Crippen molar-refractivity contribution in [3.8, 4) is 0 Å². The van der Waals surface area contributed by atoms with Gasteiger partial charge in [-0.05, 0) is 0 Å². The van der Waals surface area contributed by atoms with Crippen LogP contribution in [-0.2, 0) is 0 Å². The Bertz CT molecular complexity index is 579. The van der Waals surface area contributed by atoms with E-state index in [2.05, 4.69) is 15.9 Å². The van der Waals surface area contributed by atoms with Gasteiger partial charge >= 0.3 is 109 Å². The van der Waals surface area contributed by atoms with E-state index in [-0.39, 0.29) is 10.2 Å². The molecule has 0 radical (unpaired) electrons. The van der Waals surface area contributed by atoms with Crippen LogP contribution >= 0.6 is 15.9 Å². The number of halogens is 4. The number of alkyl halides is 3. The van der Waals surface area contributed by atoms with Crippen LogP contribution in [0.4, 0.5) is 13.2 Å². The van der Waals surface area contributed by atoms with Gasteiger partial charge in [0.15, 0.2) is 0 Å². The van der Waals surface area contributed by atoms with Crippen molar-refractivity contribution in [3.63, 3.8) is 0 Å². The molecule has 2 aromatic heterocycles. The molecule has 0 bridgehead atoms. The summed E-state index contributed by atoms with van der Waals surface area (Å²) >= 11 is 1.50. The molecule has 0 amide bonds. The summed E-state index contributed by atoms with van der Waals surface area (Å²) < 4.78 is 39.4. The Morgan fingerprint density at radius 3 is 2.71 bits per heavy atom. The van der Waals surface area contributed by atoms with Crippen molar-refractivity contribution in [2.75, 3.05) is 0 Å². The molecule has 0 aliphatic rings. The van der Waals surface area contributed by atoms with Crippen molar-refractivity contribution < 1.29 is 18.0 Å². The molecule has 2 aromatic rings. The second kappa shape index (κ2) is 4.48. The number of hydrogen-bond donors (Lipinski definition) is 0. The van der Waals surface area contributed by atoms with Gasteiger partial charge in [0.05, 0.1) is 0 Å². The predicted octanol–water partition coefficient (Wildman–Crippen LogP) is 2.36. The summed E-state index contributed by atoms with van der Waals surface area (Å²) in [4.78, 5) is 10.8. The number of hydrogen-bond acceptors (Lipinski definition) is 1. The van der Waals surface area contributed by atoms with Crippen molar-refractivity contribution in [3.05, 3.63) is 34.4 Å². The topological polar surface area (TPSA) is 21.5 Å². The Morgan fingerprint density at radius 1 is 1.41 bits per heavy atom. The average Bonchev–Trinajstić information content (AvgIpc) is 2.56. The van der Waals surface area contributed by atoms with Crippen LogP contribution in [0.3, 0.4) is 0 Å². The standard InChI is InChI=1S/C10H5BrF3NOSe/c11-7-2-1-3-15-8(7)4-6(5-16)9(15)17-10(12,13)14/h1-5H. The summed E-state index contributed by atoms with van der Waals surface area (Å²) in [6.07, 6.45) is 1.98. The Morgan fingerprint density at radius 2 is 2.12 bits per heavy atom. The number of rotatable bonds is 2. The third-order valence-electron chi connectivity index (χ3n) is 2.08.